The Morgan fingerprint density at radius 2 is 1.96 bits per heavy atom. The van der Waals surface area contributed by atoms with Crippen molar-refractivity contribution < 1.29 is 5.11 Å². The molecule has 0 radical (unpaired) electrons. The van der Waals surface area contributed by atoms with Crippen molar-refractivity contribution >= 4 is 21.8 Å². The van der Waals surface area contributed by atoms with Crippen molar-refractivity contribution in [3.63, 3.8) is 0 Å². The molecule has 0 amide bonds. The van der Waals surface area contributed by atoms with Gasteiger partial charge in [-0.15, -0.1) is 0 Å². The lowest BCUT2D eigenvalue weighted by Crippen LogP contribution is -2.43. The molecule has 2 atom stereocenters. The molecular weight excluding hydrogens is 308 g/mol. The fourth-order valence-electron chi connectivity index (χ4n) is 4.35. The van der Waals surface area contributed by atoms with Crippen LogP contribution in [0.15, 0.2) is 48.5 Å². The highest BCUT2D eigenvalue weighted by molar-refractivity contribution is 5.94. The summed E-state index contributed by atoms with van der Waals surface area (Å²) in [5.41, 5.74) is 3.21. The van der Waals surface area contributed by atoms with Gasteiger partial charge >= 0.3 is 0 Å². The molecule has 1 aromatic heterocycles. The van der Waals surface area contributed by atoms with Crippen molar-refractivity contribution in [3.05, 3.63) is 54.1 Å². The van der Waals surface area contributed by atoms with Gasteiger partial charge in [-0.2, -0.15) is 0 Å². The number of benzene rings is 2. The number of aromatic nitrogens is 1. The highest BCUT2D eigenvalue weighted by Gasteiger charge is 2.29. The lowest BCUT2D eigenvalue weighted by atomic mass is 9.94. The van der Waals surface area contributed by atoms with E-state index in [-0.39, 0.29) is 12.6 Å². The third-order valence-corrected chi connectivity index (χ3v) is 5.65. The van der Waals surface area contributed by atoms with Crippen molar-refractivity contribution in [3.8, 4) is 0 Å². The zero-order valence-corrected chi connectivity index (χ0v) is 14.9. The molecule has 3 heteroatoms. The Morgan fingerprint density at radius 1 is 1.12 bits per heavy atom. The molecule has 0 saturated carbocycles. The van der Waals surface area contributed by atoms with Crippen molar-refractivity contribution in [2.45, 2.75) is 44.7 Å². The molecule has 1 fully saturated rings. The summed E-state index contributed by atoms with van der Waals surface area (Å²) in [6.45, 7) is 3.46. The molecule has 3 aromatic rings. The third kappa shape index (κ3) is 3.03. The zero-order chi connectivity index (χ0) is 17.2. The van der Waals surface area contributed by atoms with Crippen LogP contribution in [0.3, 0.4) is 0 Å². The minimum Gasteiger partial charge on any atom is -0.394 e. The Hall–Kier alpha value is -1.97. The van der Waals surface area contributed by atoms with Crippen molar-refractivity contribution in [1.82, 2.24) is 9.88 Å². The Labute approximate surface area is 149 Å². The van der Waals surface area contributed by atoms with E-state index in [1.165, 1.54) is 19.3 Å². The maximum atomic E-state index is 10.2. The number of para-hydroxylation sites is 2. The van der Waals surface area contributed by atoms with Gasteiger partial charge in [0.05, 0.1) is 23.7 Å². The van der Waals surface area contributed by atoms with Gasteiger partial charge in [0, 0.05) is 16.8 Å². The Kier molecular flexibility index (Phi) is 4.69. The average molecular weight is 334 g/mol. The topological polar surface area (TPSA) is 36.4 Å². The molecule has 25 heavy (non-hydrogen) atoms. The maximum absolute atomic E-state index is 10.2. The van der Waals surface area contributed by atoms with Crippen LogP contribution in [0, 0.1) is 0 Å². The summed E-state index contributed by atoms with van der Waals surface area (Å²) in [4.78, 5) is 7.46. The molecule has 1 N–H and O–H groups in total. The van der Waals surface area contributed by atoms with E-state index in [0.29, 0.717) is 6.04 Å². The Balaban J connectivity index is 1.84. The summed E-state index contributed by atoms with van der Waals surface area (Å²) >= 11 is 0. The van der Waals surface area contributed by atoms with Gasteiger partial charge in [0.1, 0.15) is 0 Å². The third-order valence-electron chi connectivity index (χ3n) is 5.65. The SMILES string of the molecule is CCC1CCCCN1C(CO)c1cccc2cc3ccccc3nc12. The van der Waals surface area contributed by atoms with E-state index in [4.69, 9.17) is 4.98 Å². The number of hydrogen-bond acceptors (Lipinski definition) is 3. The highest BCUT2D eigenvalue weighted by Crippen LogP contribution is 2.33. The molecule has 0 spiro atoms. The van der Waals surface area contributed by atoms with E-state index < -0.39 is 0 Å². The molecule has 0 bridgehead atoms. The number of hydrogen-bond donors (Lipinski definition) is 1. The normalized spacial score (nSPS) is 20.2. The van der Waals surface area contributed by atoms with Crippen LogP contribution in [-0.4, -0.2) is 34.2 Å². The lowest BCUT2D eigenvalue weighted by Gasteiger charge is -2.40. The second kappa shape index (κ2) is 7.11. The number of likely N-dealkylation sites (tertiary alicyclic amines) is 1. The molecule has 1 aliphatic rings. The zero-order valence-electron chi connectivity index (χ0n) is 14.9. The minimum absolute atomic E-state index is 0.0302. The van der Waals surface area contributed by atoms with Gasteiger partial charge in [-0.25, -0.2) is 4.98 Å². The fraction of sp³-hybridized carbons (Fsp3) is 0.409. The first-order chi connectivity index (χ1) is 12.3. The number of rotatable bonds is 4. The highest BCUT2D eigenvalue weighted by atomic mass is 16.3. The standard InChI is InChI=1S/C22H26N2O/c1-2-18-10-5-6-13-24(18)21(15-25)19-11-7-9-17-14-16-8-3-4-12-20(16)23-22(17)19/h3-4,7-9,11-12,14,18,21,25H,2,5-6,10,13,15H2,1H3. The van der Waals surface area contributed by atoms with Gasteiger partial charge in [0.15, 0.2) is 0 Å². The fourth-order valence-corrected chi connectivity index (χ4v) is 4.35. The first-order valence-corrected chi connectivity index (χ1v) is 9.47. The molecule has 2 aromatic carbocycles. The van der Waals surface area contributed by atoms with E-state index in [1.54, 1.807) is 0 Å². The summed E-state index contributed by atoms with van der Waals surface area (Å²) < 4.78 is 0. The van der Waals surface area contributed by atoms with Gasteiger partial charge in [-0.1, -0.05) is 49.7 Å². The molecule has 4 rings (SSSR count). The smallest absolute Gasteiger partial charge is 0.0758 e. The van der Waals surface area contributed by atoms with Crippen LogP contribution >= 0.6 is 0 Å². The van der Waals surface area contributed by atoms with Gasteiger partial charge in [-0.3, -0.25) is 4.90 Å². The van der Waals surface area contributed by atoms with Crippen molar-refractivity contribution in [2.75, 3.05) is 13.2 Å². The van der Waals surface area contributed by atoms with E-state index in [0.717, 1.165) is 40.3 Å². The second-order valence-corrected chi connectivity index (χ2v) is 7.09. The van der Waals surface area contributed by atoms with Gasteiger partial charge in [0.2, 0.25) is 0 Å². The number of piperidine rings is 1. The second-order valence-electron chi connectivity index (χ2n) is 7.09. The summed E-state index contributed by atoms with van der Waals surface area (Å²) in [6, 6.07) is 17.4. The van der Waals surface area contributed by atoms with Crippen LogP contribution < -0.4 is 0 Å². The van der Waals surface area contributed by atoms with Crippen LogP contribution in [0.25, 0.3) is 21.8 Å². The average Bonchev–Trinajstić information content (AvgIpc) is 2.67. The molecule has 130 valence electrons. The minimum atomic E-state index is 0.0302. The molecular formula is C22H26N2O. The number of nitrogens with zero attached hydrogens (tertiary/aromatic N) is 2. The molecule has 1 aliphatic heterocycles. The largest absolute Gasteiger partial charge is 0.394 e. The van der Waals surface area contributed by atoms with Crippen molar-refractivity contribution in [2.24, 2.45) is 0 Å². The van der Waals surface area contributed by atoms with Gasteiger partial charge < -0.3 is 5.11 Å². The summed E-state index contributed by atoms with van der Waals surface area (Å²) in [7, 11) is 0. The summed E-state index contributed by atoms with van der Waals surface area (Å²) in [5.74, 6) is 0. The number of fused-ring (bicyclic) bond motifs is 2. The predicted octanol–water partition coefficient (Wildman–Crippen LogP) is 4.69. The molecule has 2 heterocycles. The van der Waals surface area contributed by atoms with E-state index in [9.17, 15) is 5.11 Å². The molecule has 0 aliphatic carbocycles. The molecule has 1 saturated heterocycles. The quantitative estimate of drug-likeness (QED) is 0.703. The van der Waals surface area contributed by atoms with Crippen LogP contribution in [0.4, 0.5) is 0 Å². The summed E-state index contributed by atoms with van der Waals surface area (Å²) in [6.07, 6.45) is 4.88. The lowest BCUT2D eigenvalue weighted by molar-refractivity contribution is 0.0552. The first kappa shape index (κ1) is 16.5. The van der Waals surface area contributed by atoms with Crippen LogP contribution in [-0.2, 0) is 0 Å². The van der Waals surface area contributed by atoms with Crippen LogP contribution in [0.2, 0.25) is 0 Å². The Bertz CT molecular complexity index is 876. The first-order valence-electron chi connectivity index (χ1n) is 9.47. The monoisotopic (exact) mass is 334 g/mol. The predicted molar refractivity (Wildman–Crippen MR) is 104 cm³/mol. The Morgan fingerprint density at radius 3 is 2.80 bits per heavy atom. The number of aliphatic hydroxyl groups excluding tert-OH is 1. The molecule has 3 nitrogen and oxygen atoms in total. The van der Waals surface area contributed by atoms with Gasteiger partial charge in [-0.05, 0) is 43.5 Å². The van der Waals surface area contributed by atoms with Crippen LogP contribution in [0.5, 0.6) is 0 Å². The van der Waals surface area contributed by atoms with E-state index in [1.807, 2.05) is 6.07 Å². The van der Waals surface area contributed by atoms with E-state index in [2.05, 4.69) is 54.3 Å². The van der Waals surface area contributed by atoms with Crippen molar-refractivity contribution in [1.29, 1.82) is 0 Å². The summed E-state index contributed by atoms with van der Waals surface area (Å²) in [5, 5.41) is 12.6. The van der Waals surface area contributed by atoms with Crippen LogP contribution in [0.1, 0.15) is 44.2 Å². The number of aliphatic hydroxyl groups is 1. The van der Waals surface area contributed by atoms with Gasteiger partial charge in [0.25, 0.3) is 0 Å². The molecule has 2 unspecified atom stereocenters. The maximum Gasteiger partial charge on any atom is 0.0758 e. The van der Waals surface area contributed by atoms with E-state index >= 15 is 0 Å². The number of pyridine rings is 1.